The highest BCUT2D eigenvalue weighted by Gasteiger charge is 2.25. The van der Waals surface area contributed by atoms with Gasteiger partial charge in [0.05, 0.1) is 17.6 Å². The molecule has 1 aromatic carbocycles. The number of rotatable bonds is 3. The van der Waals surface area contributed by atoms with Gasteiger partial charge in [0.25, 0.3) is 0 Å². The second kappa shape index (κ2) is 6.04. The molecule has 5 nitrogen and oxygen atoms in total. The maximum Gasteiger partial charge on any atom is 0.319 e. The summed E-state index contributed by atoms with van der Waals surface area (Å²) in [7, 11) is 0. The molecule has 1 aliphatic carbocycles. The van der Waals surface area contributed by atoms with Gasteiger partial charge in [0.15, 0.2) is 0 Å². The lowest BCUT2D eigenvalue weighted by Gasteiger charge is -2.13. The van der Waals surface area contributed by atoms with Crippen LogP contribution in [0.5, 0.6) is 0 Å². The molecule has 2 amide bonds. The van der Waals surface area contributed by atoms with Crippen molar-refractivity contribution in [1.82, 2.24) is 5.32 Å². The summed E-state index contributed by atoms with van der Waals surface area (Å²) in [4.78, 5) is 22.5. The van der Waals surface area contributed by atoms with Gasteiger partial charge in [-0.25, -0.2) is 9.18 Å². The fourth-order valence-corrected chi connectivity index (χ4v) is 2.36. The van der Waals surface area contributed by atoms with E-state index >= 15 is 0 Å². The van der Waals surface area contributed by atoms with Crippen LogP contribution < -0.4 is 10.6 Å². The average Bonchev–Trinajstić information content (AvgIpc) is 2.81. The van der Waals surface area contributed by atoms with Crippen molar-refractivity contribution >= 4 is 33.6 Å². The summed E-state index contributed by atoms with van der Waals surface area (Å²) in [5, 5.41) is 14.0. The zero-order valence-corrected chi connectivity index (χ0v) is 11.9. The number of amides is 2. The summed E-state index contributed by atoms with van der Waals surface area (Å²) >= 11 is 3.14. The van der Waals surface area contributed by atoms with Crippen molar-refractivity contribution in [2.45, 2.75) is 12.5 Å². The predicted octanol–water partition coefficient (Wildman–Crippen LogP) is 2.74. The highest BCUT2D eigenvalue weighted by atomic mass is 79.9. The largest absolute Gasteiger partial charge is 0.481 e. The molecule has 20 heavy (non-hydrogen) atoms. The van der Waals surface area contributed by atoms with Crippen LogP contribution in [0.3, 0.4) is 0 Å². The topological polar surface area (TPSA) is 78.4 Å². The van der Waals surface area contributed by atoms with Crippen LogP contribution in [-0.2, 0) is 4.79 Å². The van der Waals surface area contributed by atoms with E-state index in [4.69, 9.17) is 5.11 Å². The summed E-state index contributed by atoms with van der Waals surface area (Å²) in [6, 6.07) is 3.11. The molecule has 0 heterocycles. The zero-order valence-electron chi connectivity index (χ0n) is 10.3. The first-order valence-corrected chi connectivity index (χ1v) is 6.68. The molecule has 0 saturated heterocycles. The van der Waals surface area contributed by atoms with E-state index in [0.29, 0.717) is 16.6 Å². The molecule has 2 atom stereocenters. The lowest BCUT2D eigenvalue weighted by molar-refractivity contribution is -0.140. The van der Waals surface area contributed by atoms with Gasteiger partial charge in [-0.3, -0.25) is 4.79 Å². The van der Waals surface area contributed by atoms with E-state index in [1.807, 2.05) is 0 Å². The Balaban J connectivity index is 1.90. The van der Waals surface area contributed by atoms with Crippen LogP contribution in [0.1, 0.15) is 6.42 Å². The molecule has 2 rings (SSSR count). The number of halogens is 2. The third kappa shape index (κ3) is 3.57. The molecule has 0 fully saturated rings. The molecular formula is C13H12BrFN2O3. The summed E-state index contributed by atoms with van der Waals surface area (Å²) in [6.45, 7) is 0. The first-order chi connectivity index (χ1) is 9.45. The van der Waals surface area contributed by atoms with Crippen LogP contribution in [0, 0.1) is 11.7 Å². The van der Waals surface area contributed by atoms with Gasteiger partial charge in [0.1, 0.15) is 5.82 Å². The Morgan fingerprint density at radius 3 is 2.70 bits per heavy atom. The summed E-state index contributed by atoms with van der Waals surface area (Å²) in [5.41, 5.74) is 0.431. The van der Waals surface area contributed by atoms with E-state index in [0.717, 1.165) is 0 Å². The fourth-order valence-electron chi connectivity index (χ4n) is 1.91. The highest BCUT2D eigenvalue weighted by Crippen LogP contribution is 2.23. The van der Waals surface area contributed by atoms with Gasteiger partial charge in [-0.15, -0.1) is 0 Å². The Bertz CT molecular complexity index is 577. The fraction of sp³-hybridized carbons (Fsp3) is 0.231. The van der Waals surface area contributed by atoms with E-state index < -0.39 is 23.7 Å². The van der Waals surface area contributed by atoms with Gasteiger partial charge in [0, 0.05) is 4.47 Å². The minimum atomic E-state index is -0.910. The van der Waals surface area contributed by atoms with Gasteiger partial charge >= 0.3 is 12.0 Å². The molecule has 0 spiro atoms. The van der Waals surface area contributed by atoms with Crippen molar-refractivity contribution in [3.05, 3.63) is 40.6 Å². The lowest BCUT2D eigenvalue weighted by atomic mass is 10.1. The molecule has 1 aliphatic rings. The second-order valence-corrected chi connectivity index (χ2v) is 5.25. The second-order valence-electron chi connectivity index (χ2n) is 4.39. The monoisotopic (exact) mass is 342 g/mol. The van der Waals surface area contributed by atoms with Crippen molar-refractivity contribution in [2.75, 3.05) is 5.32 Å². The number of carbonyl (C=O) groups is 2. The van der Waals surface area contributed by atoms with Crippen molar-refractivity contribution in [3.8, 4) is 0 Å². The van der Waals surface area contributed by atoms with Crippen molar-refractivity contribution in [1.29, 1.82) is 0 Å². The number of carboxylic acids is 1. The number of hydrogen-bond donors (Lipinski definition) is 3. The molecular weight excluding hydrogens is 331 g/mol. The molecule has 106 valence electrons. The van der Waals surface area contributed by atoms with E-state index in [9.17, 15) is 14.0 Å². The third-order valence-electron chi connectivity index (χ3n) is 2.90. The maximum absolute atomic E-state index is 12.9. The third-order valence-corrected chi connectivity index (χ3v) is 3.55. The lowest BCUT2D eigenvalue weighted by Crippen LogP contribution is -2.36. The van der Waals surface area contributed by atoms with E-state index in [1.54, 1.807) is 12.2 Å². The number of urea groups is 1. The van der Waals surface area contributed by atoms with Gasteiger partial charge in [-0.2, -0.15) is 0 Å². The quantitative estimate of drug-likeness (QED) is 0.739. The van der Waals surface area contributed by atoms with Gasteiger partial charge in [-0.05, 0) is 40.5 Å². The number of carbonyl (C=O) groups excluding carboxylic acids is 1. The predicted molar refractivity (Wildman–Crippen MR) is 74.9 cm³/mol. The molecule has 7 heteroatoms. The first kappa shape index (κ1) is 14.5. The Morgan fingerprint density at radius 2 is 2.10 bits per heavy atom. The summed E-state index contributed by atoms with van der Waals surface area (Å²) in [6.07, 6.45) is 3.53. The van der Waals surface area contributed by atoms with Crippen molar-refractivity contribution in [2.24, 2.45) is 5.92 Å². The molecule has 2 unspecified atom stereocenters. The van der Waals surface area contributed by atoms with Crippen LogP contribution in [0.25, 0.3) is 0 Å². The van der Waals surface area contributed by atoms with Crippen LogP contribution in [0.2, 0.25) is 0 Å². The molecule has 0 aromatic heterocycles. The Labute approximate surface area is 123 Å². The molecule has 0 radical (unpaired) electrons. The molecule has 3 N–H and O–H groups in total. The number of benzene rings is 1. The first-order valence-electron chi connectivity index (χ1n) is 5.89. The number of carboxylic acid groups (broad SMARTS) is 1. The molecule has 1 aromatic rings. The molecule has 0 bridgehead atoms. The van der Waals surface area contributed by atoms with Crippen LogP contribution >= 0.6 is 15.9 Å². The van der Waals surface area contributed by atoms with Crippen molar-refractivity contribution in [3.63, 3.8) is 0 Å². The summed E-state index contributed by atoms with van der Waals surface area (Å²) in [5.74, 6) is -1.89. The average molecular weight is 343 g/mol. The number of anilines is 1. The van der Waals surface area contributed by atoms with Crippen LogP contribution in [-0.4, -0.2) is 23.1 Å². The number of nitrogens with one attached hydrogen (secondary N) is 2. The zero-order chi connectivity index (χ0) is 14.7. The summed E-state index contributed by atoms with van der Waals surface area (Å²) < 4.78 is 13.3. The standard InChI is InChI=1S/C13H12BrFN2O3/c14-10-6-8(15)2-4-11(10)17-13(20)16-9-3-1-7(5-9)12(18)19/h1-4,6-7,9H,5H2,(H,18,19)(H2,16,17,20). The van der Waals surface area contributed by atoms with E-state index in [-0.39, 0.29) is 6.04 Å². The van der Waals surface area contributed by atoms with Crippen LogP contribution in [0.15, 0.2) is 34.8 Å². The molecule has 0 aliphatic heterocycles. The van der Waals surface area contributed by atoms with Gasteiger partial charge in [-0.1, -0.05) is 12.2 Å². The van der Waals surface area contributed by atoms with Crippen molar-refractivity contribution < 1.29 is 19.1 Å². The highest BCUT2D eigenvalue weighted by molar-refractivity contribution is 9.10. The van der Waals surface area contributed by atoms with E-state index in [1.165, 1.54) is 18.2 Å². The SMILES string of the molecule is O=C(Nc1ccc(F)cc1Br)NC1C=CC(C(=O)O)C1. The smallest absolute Gasteiger partial charge is 0.319 e. The number of aliphatic carboxylic acids is 1. The normalized spacial score (nSPS) is 20.7. The van der Waals surface area contributed by atoms with Gasteiger partial charge in [0.2, 0.25) is 0 Å². The molecule has 0 saturated carbocycles. The van der Waals surface area contributed by atoms with Gasteiger partial charge < -0.3 is 15.7 Å². The van der Waals surface area contributed by atoms with Crippen LogP contribution in [0.4, 0.5) is 14.9 Å². The Hall–Kier alpha value is -1.89. The Morgan fingerprint density at radius 1 is 1.35 bits per heavy atom. The minimum absolute atomic E-state index is 0.324. The number of hydrogen-bond acceptors (Lipinski definition) is 2. The minimum Gasteiger partial charge on any atom is -0.481 e. The van der Waals surface area contributed by atoms with E-state index in [2.05, 4.69) is 26.6 Å². The Kier molecular flexibility index (Phi) is 4.39. The maximum atomic E-state index is 12.9.